The van der Waals surface area contributed by atoms with Gasteiger partial charge in [0.05, 0.1) is 19.3 Å². The van der Waals surface area contributed by atoms with Gasteiger partial charge in [0.2, 0.25) is 5.91 Å². The van der Waals surface area contributed by atoms with Gasteiger partial charge >= 0.3 is 0 Å². The summed E-state index contributed by atoms with van der Waals surface area (Å²) in [6.45, 7) is 3.66. The van der Waals surface area contributed by atoms with Crippen LogP contribution in [0.5, 0.6) is 0 Å². The molecule has 0 aromatic heterocycles. The molecule has 2 amide bonds. The zero-order valence-electron chi connectivity index (χ0n) is 13.2. The topological polar surface area (TPSA) is 78.9 Å². The Morgan fingerprint density at radius 2 is 2.13 bits per heavy atom. The largest absolute Gasteiger partial charge is 0.396 e. The van der Waals surface area contributed by atoms with Crippen molar-refractivity contribution in [3.05, 3.63) is 29.8 Å². The highest BCUT2D eigenvalue weighted by Crippen LogP contribution is 2.17. The van der Waals surface area contributed by atoms with Crippen LogP contribution in [-0.2, 0) is 9.53 Å². The van der Waals surface area contributed by atoms with Gasteiger partial charge in [0, 0.05) is 42.8 Å². The van der Waals surface area contributed by atoms with Gasteiger partial charge in [-0.15, -0.1) is 11.8 Å². The van der Waals surface area contributed by atoms with Crippen LogP contribution in [0.4, 0.5) is 0 Å². The van der Waals surface area contributed by atoms with E-state index in [0.29, 0.717) is 37.6 Å². The number of carbonyl (C=O) groups excluding carboxylic acids is 2. The monoisotopic (exact) mass is 338 g/mol. The quantitative estimate of drug-likeness (QED) is 0.748. The van der Waals surface area contributed by atoms with E-state index in [4.69, 9.17) is 9.84 Å². The summed E-state index contributed by atoms with van der Waals surface area (Å²) in [6.07, 6.45) is -0.170. The Balaban J connectivity index is 1.81. The third-order valence-corrected chi connectivity index (χ3v) is 4.54. The Labute approximate surface area is 140 Å². The normalized spacial score (nSPS) is 17.8. The van der Waals surface area contributed by atoms with E-state index in [2.05, 4.69) is 5.32 Å². The van der Waals surface area contributed by atoms with Crippen molar-refractivity contribution in [2.24, 2.45) is 0 Å². The number of amides is 2. The number of nitrogens with one attached hydrogen (secondary N) is 1. The van der Waals surface area contributed by atoms with E-state index in [1.165, 1.54) is 6.92 Å². The first-order valence-electron chi connectivity index (χ1n) is 7.59. The highest BCUT2D eigenvalue weighted by Gasteiger charge is 2.22. The lowest BCUT2D eigenvalue weighted by molar-refractivity contribution is -0.136. The SMILES string of the molecule is CC(=O)N1CCO[C@H](CNC(=O)c2ccc(SCCO)cc2)C1. The second-order valence-electron chi connectivity index (χ2n) is 5.26. The average molecular weight is 338 g/mol. The fourth-order valence-corrected chi connectivity index (χ4v) is 2.96. The van der Waals surface area contributed by atoms with Crippen LogP contribution in [0, 0.1) is 0 Å². The lowest BCUT2D eigenvalue weighted by Crippen LogP contribution is -2.49. The predicted octanol–water partition coefficient (Wildman–Crippen LogP) is 0.748. The van der Waals surface area contributed by atoms with E-state index >= 15 is 0 Å². The number of aliphatic hydroxyl groups excluding tert-OH is 1. The number of carbonyl (C=O) groups is 2. The number of hydrogen-bond acceptors (Lipinski definition) is 5. The summed E-state index contributed by atoms with van der Waals surface area (Å²) in [6, 6.07) is 7.25. The maximum atomic E-state index is 12.1. The summed E-state index contributed by atoms with van der Waals surface area (Å²) < 4.78 is 5.57. The third kappa shape index (κ3) is 5.53. The molecule has 0 saturated carbocycles. The van der Waals surface area contributed by atoms with Gasteiger partial charge < -0.3 is 20.1 Å². The molecule has 0 unspecified atom stereocenters. The highest BCUT2D eigenvalue weighted by molar-refractivity contribution is 7.99. The average Bonchev–Trinajstić information content (AvgIpc) is 2.58. The number of thioether (sulfide) groups is 1. The van der Waals surface area contributed by atoms with E-state index in [-0.39, 0.29) is 24.5 Å². The Bertz CT molecular complexity index is 535. The molecule has 0 spiro atoms. The zero-order valence-corrected chi connectivity index (χ0v) is 14.0. The Morgan fingerprint density at radius 1 is 1.39 bits per heavy atom. The van der Waals surface area contributed by atoms with Crippen LogP contribution in [0.15, 0.2) is 29.2 Å². The standard InChI is InChI=1S/C16H22N2O4S/c1-12(20)18-6-8-22-14(11-18)10-17-16(21)13-2-4-15(5-3-13)23-9-7-19/h2-5,14,19H,6-11H2,1H3,(H,17,21)/t14-/m1/s1. The fourth-order valence-electron chi connectivity index (χ4n) is 2.30. The predicted molar refractivity (Wildman–Crippen MR) is 88.6 cm³/mol. The second kappa shape index (κ2) is 8.90. The molecule has 23 heavy (non-hydrogen) atoms. The minimum atomic E-state index is -0.170. The van der Waals surface area contributed by atoms with Gasteiger partial charge in [-0.1, -0.05) is 0 Å². The van der Waals surface area contributed by atoms with Crippen molar-refractivity contribution >= 4 is 23.6 Å². The van der Waals surface area contributed by atoms with Crippen LogP contribution in [0.1, 0.15) is 17.3 Å². The van der Waals surface area contributed by atoms with Crippen molar-refractivity contribution in [2.45, 2.75) is 17.9 Å². The van der Waals surface area contributed by atoms with Gasteiger partial charge in [0.1, 0.15) is 0 Å². The van der Waals surface area contributed by atoms with Gasteiger partial charge in [0.25, 0.3) is 5.91 Å². The number of nitrogens with zero attached hydrogens (tertiary/aromatic N) is 1. The summed E-state index contributed by atoms with van der Waals surface area (Å²) in [5, 5.41) is 11.6. The van der Waals surface area contributed by atoms with Gasteiger partial charge in [0.15, 0.2) is 0 Å². The molecule has 126 valence electrons. The Hall–Kier alpha value is -1.57. The summed E-state index contributed by atoms with van der Waals surface area (Å²) in [4.78, 5) is 26.3. The maximum absolute atomic E-state index is 12.1. The Kier molecular flexibility index (Phi) is 6.88. The van der Waals surface area contributed by atoms with Crippen molar-refractivity contribution in [3.63, 3.8) is 0 Å². The first kappa shape index (κ1) is 17.8. The number of hydrogen-bond donors (Lipinski definition) is 2. The lowest BCUT2D eigenvalue weighted by atomic mass is 10.2. The molecule has 0 bridgehead atoms. The van der Waals surface area contributed by atoms with Crippen molar-refractivity contribution in [1.29, 1.82) is 0 Å². The molecule has 0 aliphatic carbocycles. The van der Waals surface area contributed by atoms with Gasteiger partial charge in [-0.25, -0.2) is 0 Å². The number of ether oxygens (including phenoxy) is 1. The molecule has 0 radical (unpaired) electrons. The second-order valence-corrected chi connectivity index (χ2v) is 6.43. The first-order valence-corrected chi connectivity index (χ1v) is 8.57. The molecule has 1 fully saturated rings. The molecule has 1 heterocycles. The van der Waals surface area contributed by atoms with Crippen LogP contribution < -0.4 is 5.32 Å². The molecular formula is C16H22N2O4S. The highest BCUT2D eigenvalue weighted by atomic mass is 32.2. The molecule has 2 rings (SSSR count). The Morgan fingerprint density at radius 3 is 2.78 bits per heavy atom. The molecule has 7 heteroatoms. The van der Waals surface area contributed by atoms with Gasteiger partial charge in [-0.2, -0.15) is 0 Å². The van der Waals surface area contributed by atoms with Crippen molar-refractivity contribution < 1.29 is 19.4 Å². The van der Waals surface area contributed by atoms with Crippen LogP contribution >= 0.6 is 11.8 Å². The summed E-state index contributed by atoms with van der Waals surface area (Å²) in [5.74, 6) is 0.505. The number of aliphatic hydroxyl groups is 1. The van der Waals surface area contributed by atoms with Crippen LogP contribution in [0.3, 0.4) is 0 Å². The molecule has 1 aromatic carbocycles. The van der Waals surface area contributed by atoms with Crippen LogP contribution in [0.25, 0.3) is 0 Å². The van der Waals surface area contributed by atoms with Crippen molar-refractivity contribution in [2.75, 3.05) is 38.6 Å². The summed E-state index contributed by atoms with van der Waals surface area (Å²) >= 11 is 1.54. The number of morpholine rings is 1. The summed E-state index contributed by atoms with van der Waals surface area (Å²) in [7, 11) is 0. The fraction of sp³-hybridized carbons (Fsp3) is 0.500. The first-order chi connectivity index (χ1) is 11.1. The number of benzene rings is 1. The van der Waals surface area contributed by atoms with Gasteiger partial charge in [-0.05, 0) is 24.3 Å². The van der Waals surface area contributed by atoms with Crippen molar-refractivity contribution in [3.8, 4) is 0 Å². The van der Waals surface area contributed by atoms with E-state index in [1.807, 2.05) is 12.1 Å². The zero-order chi connectivity index (χ0) is 16.7. The summed E-state index contributed by atoms with van der Waals surface area (Å²) in [5.41, 5.74) is 0.581. The molecule has 6 nitrogen and oxygen atoms in total. The molecule has 1 atom stereocenters. The third-order valence-electron chi connectivity index (χ3n) is 3.55. The van der Waals surface area contributed by atoms with Crippen LogP contribution in [0.2, 0.25) is 0 Å². The van der Waals surface area contributed by atoms with Crippen molar-refractivity contribution in [1.82, 2.24) is 10.2 Å². The molecule has 1 aromatic rings. The minimum absolute atomic E-state index is 0.0283. The van der Waals surface area contributed by atoms with Crippen LogP contribution in [-0.4, -0.2) is 66.5 Å². The maximum Gasteiger partial charge on any atom is 0.251 e. The smallest absolute Gasteiger partial charge is 0.251 e. The van der Waals surface area contributed by atoms with E-state index in [0.717, 1.165) is 4.90 Å². The molecule has 1 aliphatic heterocycles. The minimum Gasteiger partial charge on any atom is -0.396 e. The van der Waals surface area contributed by atoms with E-state index in [9.17, 15) is 9.59 Å². The molecule has 2 N–H and O–H groups in total. The lowest BCUT2D eigenvalue weighted by Gasteiger charge is -2.32. The number of rotatable bonds is 6. The van der Waals surface area contributed by atoms with E-state index in [1.54, 1.807) is 28.8 Å². The van der Waals surface area contributed by atoms with E-state index < -0.39 is 0 Å². The molecule has 1 saturated heterocycles. The molecular weight excluding hydrogens is 316 g/mol. The molecule has 1 aliphatic rings. The van der Waals surface area contributed by atoms with Gasteiger partial charge in [-0.3, -0.25) is 9.59 Å².